The highest BCUT2D eigenvalue weighted by molar-refractivity contribution is 9.10. The Balaban J connectivity index is 1.48. The first kappa shape index (κ1) is 24.6. The molecule has 208 valence electrons. The highest BCUT2D eigenvalue weighted by Crippen LogP contribution is 2.80. The Kier molecular flexibility index (Phi) is 4.34. The van der Waals surface area contributed by atoms with Crippen molar-refractivity contribution in [3.63, 3.8) is 0 Å². The van der Waals surface area contributed by atoms with Crippen molar-refractivity contribution >= 4 is 37.7 Å². The van der Waals surface area contributed by atoms with Crippen molar-refractivity contribution in [3.8, 4) is 11.1 Å². The highest BCUT2D eigenvalue weighted by Gasteiger charge is 2.74. The smallest absolute Gasteiger partial charge is 0.0581 e. The second-order valence-corrected chi connectivity index (χ2v) is 14.6. The molecular formula is C41H32BrN. The number of H-pyrrole nitrogens is 1. The molecule has 1 spiro atoms. The second-order valence-electron chi connectivity index (χ2n) is 13.7. The fourth-order valence-electron chi connectivity index (χ4n) is 10.9. The molecule has 0 saturated heterocycles. The monoisotopic (exact) mass is 617 g/mol. The zero-order chi connectivity index (χ0) is 29.0. The van der Waals surface area contributed by atoms with Gasteiger partial charge < -0.3 is 4.98 Å². The Bertz CT molecular complexity index is 2270. The van der Waals surface area contributed by atoms with Crippen LogP contribution in [0, 0.1) is 11.3 Å². The maximum Gasteiger partial charge on any atom is 0.0581 e. The number of rotatable bonds is 0. The number of aromatic amines is 1. The summed E-state index contributed by atoms with van der Waals surface area (Å²) >= 11 is 4.19. The van der Waals surface area contributed by atoms with Gasteiger partial charge in [-0.2, -0.15) is 0 Å². The zero-order valence-corrected chi connectivity index (χ0v) is 26.4. The van der Waals surface area contributed by atoms with Crippen LogP contribution in [-0.4, -0.2) is 4.98 Å². The van der Waals surface area contributed by atoms with Crippen LogP contribution in [-0.2, 0) is 10.8 Å². The molecule has 5 aromatic rings. The lowest BCUT2D eigenvalue weighted by Crippen LogP contribution is -2.47. The summed E-state index contributed by atoms with van der Waals surface area (Å²) in [6, 6.07) is 29.9. The number of allylic oxidation sites excluding steroid dienone is 8. The lowest BCUT2D eigenvalue weighted by atomic mass is 9.51. The van der Waals surface area contributed by atoms with Gasteiger partial charge in [0.1, 0.15) is 0 Å². The van der Waals surface area contributed by atoms with Crippen LogP contribution >= 0.6 is 15.9 Å². The summed E-state index contributed by atoms with van der Waals surface area (Å²) in [6.07, 6.45) is 9.79. The average Bonchev–Trinajstić information content (AvgIpc) is 3.60. The van der Waals surface area contributed by atoms with Crippen molar-refractivity contribution in [2.45, 2.75) is 44.4 Å². The lowest BCUT2D eigenvalue weighted by Gasteiger charge is -2.51. The van der Waals surface area contributed by atoms with Crippen LogP contribution in [0.2, 0.25) is 0 Å². The van der Waals surface area contributed by atoms with Gasteiger partial charge in [0.25, 0.3) is 0 Å². The molecule has 5 unspecified atom stereocenters. The average molecular weight is 619 g/mol. The van der Waals surface area contributed by atoms with Gasteiger partial charge in [0.15, 0.2) is 0 Å². The molecule has 5 atom stereocenters. The Hall–Kier alpha value is -3.88. The second kappa shape index (κ2) is 7.60. The first-order valence-corrected chi connectivity index (χ1v) is 16.4. The summed E-state index contributed by atoms with van der Waals surface area (Å²) in [5.74, 6) is 0.762. The molecular weight excluding hydrogens is 586 g/mol. The van der Waals surface area contributed by atoms with Gasteiger partial charge in [-0.1, -0.05) is 133 Å². The Morgan fingerprint density at radius 2 is 1.63 bits per heavy atom. The molecule has 2 heteroatoms. The third kappa shape index (κ3) is 2.39. The molecule has 0 radical (unpaired) electrons. The van der Waals surface area contributed by atoms with Crippen LogP contribution in [0.4, 0.5) is 0 Å². The Morgan fingerprint density at radius 3 is 2.51 bits per heavy atom. The maximum absolute atomic E-state index is 4.19. The number of nitrogens with one attached hydrogen (secondary N) is 1. The van der Waals surface area contributed by atoms with E-state index in [0.717, 1.165) is 0 Å². The van der Waals surface area contributed by atoms with Gasteiger partial charge in [-0.05, 0) is 69.5 Å². The van der Waals surface area contributed by atoms with Crippen molar-refractivity contribution in [2.24, 2.45) is 11.3 Å². The number of para-hydroxylation sites is 1. The summed E-state index contributed by atoms with van der Waals surface area (Å²) in [6.45, 7) is 10.0. The zero-order valence-electron chi connectivity index (χ0n) is 24.8. The van der Waals surface area contributed by atoms with Crippen LogP contribution < -0.4 is 0 Å². The summed E-state index contributed by atoms with van der Waals surface area (Å²) in [7, 11) is 0. The Labute approximate surface area is 260 Å². The lowest BCUT2D eigenvalue weighted by molar-refractivity contribution is 0.397. The van der Waals surface area contributed by atoms with Gasteiger partial charge in [-0.25, -0.2) is 0 Å². The SMILES string of the molecule is CC1C=C2C=CC=C3C2(C)C2=C1C(C)c1ccccc1C2(C)C31c2ccc3c([nH]c4ccccc43)c2-c2cccc(Br)c21. The molecule has 1 fully saturated rings. The van der Waals surface area contributed by atoms with Gasteiger partial charge in [-0.3, -0.25) is 0 Å². The quantitative estimate of drug-likeness (QED) is 0.166. The largest absolute Gasteiger partial charge is 0.354 e. The van der Waals surface area contributed by atoms with Crippen molar-refractivity contribution < 1.29 is 0 Å². The first-order valence-electron chi connectivity index (χ1n) is 15.6. The fraction of sp³-hybridized carbons (Fsp3) is 0.220. The van der Waals surface area contributed by atoms with Crippen LogP contribution in [0.25, 0.3) is 32.9 Å². The minimum atomic E-state index is -0.386. The van der Waals surface area contributed by atoms with Crippen LogP contribution in [0.5, 0.6) is 0 Å². The molecule has 0 aliphatic heterocycles. The maximum atomic E-state index is 4.19. The van der Waals surface area contributed by atoms with Crippen LogP contribution in [0.1, 0.15) is 55.9 Å². The Morgan fingerprint density at radius 1 is 0.814 bits per heavy atom. The van der Waals surface area contributed by atoms with Gasteiger partial charge in [0, 0.05) is 43.1 Å². The molecule has 5 aliphatic rings. The number of halogens is 1. The van der Waals surface area contributed by atoms with Crippen LogP contribution in [0.15, 0.2) is 130 Å². The number of hydrogen-bond donors (Lipinski definition) is 1. The third-order valence-electron chi connectivity index (χ3n) is 12.2. The number of fused-ring (bicyclic) bond motifs is 13. The normalized spacial score (nSPS) is 30.8. The molecule has 0 bridgehead atoms. The van der Waals surface area contributed by atoms with E-state index in [4.69, 9.17) is 0 Å². The number of benzene rings is 4. The number of aromatic nitrogens is 1. The first-order chi connectivity index (χ1) is 20.8. The van der Waals surface area contributed by atoms with Crippen molar-refractivity contribution in [3.05, 3.63) is 152 Å². The van der Waals surface area contributed by atoms with E-state index in [0.29, 0.717) is 11.8 Å². The molecule has 4 aromatic carbocycles. The van der Waals surface area contributed by atoms with E-state index in [1.54, 1.807) is 11.1 Å². The molecule has 1 heterocycles. The fourth-order valence-corrected chi connectivity index (χ4v) is 11.5. The summed E-state index contributed by atoms with van der Waals surface area (Å²) < 4.78 is 1.20. The highest BCUT2D eigenvalue weighted by atomic mass is 79.9. The van der Waals surface area contributed by atoms with E-state index in [9.17, 15) is 0 Å². The molecule has 10 rings (SSSR count). The summed E-state index contributed by atoms with van der Waals surface area (Å²) in [5.41, 5.74) is 16.3. The van der Waals surface area contributed by atoms with E-state index in [2.05, 4.69) is 152 Å². The number of hydrogen-bond acceptors (Lipinski definition) is 0. The van der Waals surface area contributed by atoms with Gasteiger partial charge in [0.2, 0.25) is 0 Å². The van der Waals surface area contributed by atoms with Crippen molar-refractivity contribution in [1.29, 1.82) is 0 Å². The molecule has 1 saturated carbocycles. The standard InChI is InChI=1S/C41H32BrN/c1-22-21-24-11-9-18-33-39(24,3)38-34(22)23(2)25-12-5-7-15-29(25)40(38,4)41(33)30-20-19-27-26-13-6-8-17-32(26)43-37(27)35(30)28-14-10-16-31(42)36(28)41/h5-23,43H,1-4H3. The van der Waals surface area contributed by atoms with E-state index < -0.39 is 0 Å². The molecule has 1 aromatic heterocycles. The summed E-state index contributed by atoms with van der Waals surface area (Å²) in [5, 5.41) is 2.59. The van der Waals surface area contributed by atoms with Gasteiger partial charge in [0.05, 0.1) is 10.9 Å². The topological polar surface area (TPSA) is 15.8 Å². The van der Waals surface area contributed by atoms with Gasteiger partial charge >= 0.3 is 0 Å². The molecule has 1 N–H and O–H groups in total. The predicted octanol–water partition coefficient (Wildman–Crippen LogP) is 10.8. The third-order valence-corrected chi connectivity index (χ3v) is 12.9. The van der Waals surface area contributed by atoms with Crippen LogP contribution in [0.3, 0.4) is 0 Å². The van der Waals surface area contributed by atoms with E-state index in [1.165, 1.54) is 70.8 Å². The van der Waals surface area contributed by atoms with Crippen molar-refractivity contribution in [1.82, 2.24) is 4.98 Å². The van der Waals surface area contributed by atoms with E-state index >= 15 is 0 Å². The minimum Gasteiger partial charge on any atom is -0.354 e. The molecule has 5 aliphatic carbocycles. The minimum absolute atomic E-state index is 0.184. The van der Waals surface area contributed by atoms with Crippen molar-refractivity contribution in [2.75, 3.05) is 0 Å². The molecule has 0 amide bonds. The molecule has 1 nitrogen and oxygen atoms in total. The predicted molar refractivity (Wildman–Crippen MR) is 182 cm³/mol. The van der Waals surface area contributed by atoms with Gasteiger partial charge in [-0.15, -0.1) is 0 Å². The van der Waals surface area contributed by atoms with E-state index in [1.807, 2.05) is 0 Å². The molecule has 43 heavy (non-hydrogen) atoms. The summed E-state index contributed by atoms with van der Waals surface area (Å²) in [4.78, 5) is 3.90. The van der Waals surface area contributed by atoms with E-state index in [-0.39, 0.29) is 16.2 Å².